The molecule has 0 aliphatic carbocycles. The third-order valence-electron chi connectivity index (χ3n) is 3.05. The minimum atomic E-state index is -1.82. The number of benzene rings is 1. The quantitative estimate of drug-likeness (QED) is 0.385. The molecule has 0 spiro atoms. The second-order valence-corrected chi connectivity index (χ2v) is 4.60. The maximum absolute atomic E-state index is 9.77. The first-order valence-corrected chi connectivity index (χ1v) is 6.17. The standard InChI is InChI=1S/C14H20O6/c1-8-4-2-3-5-9(8)6-10(16)12(18)14(20)13(19)11(17)7-15/h2-6,11-20H,7H2,1H3/t11-,12+,13-,14-/m1/s1. The molecule has 0 unspecified atom stereocenters. The third kappa shape index (κ3) is 4.03. The Balaban J connectivity index is 2.86. The van der Waals surface area contributed by atoms with Crippen molar-refractivity contribution in [1.82, 2.24) is 0 Å². The van der Waals surface area contributed by atoms with E-state index in [0.29, 0.717) is 5.56 Å². The number of hydrogen-bond donors (Lipinski definition) is 6. The Hall–Kier alpha value is -1.44. The largest absolute Gasteiger partial charge is 0.509 e. The van der Waals surface area contributed by atoms with Crippen molar-refractivity contribution in [2.45, 2.75) is 31.3 Å². The summed E-state index contributed by atoms with van der Waals surface area (Å²) in [6, 6.07) is 7.09. The second-order valence-electron chi connectivity index (χ2n) is 4.60. The number of rotatable bonds is 6. The van der Waals surface area contributed by atoms with E-state index in [4.69, 9.17) is 5.11 Å². The van der Waals surface area contributed by atoms with E-state index in [1.165, 1.54) is 6.08 Å². The van der Waals surface area contributed by atoms with E-state index in [2.05, 4.69) is 0 Å². The summed E-state index contributed by atoms with van der Waals surface area (Å²) in [7, 11) is 0. The van der Waals surface area contributed by atoms with Crippen LogP contribution in [0.25, 0.3) is 6.08 Å². The molecule has 0 fully saturated rings. The van der Waals surface area contributed by atoms with Crippen molar-refractivity contribution < 1.29 is 30.6 Å². The molecule has 112 valence electrons. The molecular weight excluding hydrogens is 264 g/mol. The zero-order chi connectivity index (χ0) is 15.3. The molecule has 6 nitrogen and oxygen atoms in total. The fourth-order valence-electron chi connectivity index (χ4n) is 1.69. The van der Waals surface area contributed by atoms with Gasteiger partial charge in [0.25, 0.3) is 0 Å². The van der Waals surface area contributed by atoms with Gasteiger partial charge in [-0.15, -0.1) is 0 Å². The van der Waals surface area contributed by atoms with E-state index in [1.807, 2.05) is 19.1 Å². The minimum absolute atomic E-state index is 0.545. The van der Waals surface area contributed by atoms with Gasteiger partial charge in [0, 0.05) is 0 Å². The van der Waals surface area contributed by atoms with Gasteiger partial charge >= 0.3 is 0 Å². The molecule has 20 heavy (non-hydrogen) atoms. The molecule has 6 N–H and O–H groups in total. The first-order chi connectivity index (χ1) is 9.38. The summed E-state index contributed by atoms with van der Waals surface area (Å²) in [4.78, 5) is 0. The first-order valence-electron chi connectivity index (χ1n) is 6.17. The summed E-state index contributed by atoms with van der Waals surface area (Å²) in [6.07, 6.45) is -5.71. The van der Waals surface area contributed by atoms with Gasteiger partial charge in [0.1, 0.15) is 30.2 Å². The molecule has 0 amide bonds. The molecule has 0 aliphatic heterocycles. The van der Waals surface area contributed by atoms with Gasteiger partial charge in [-0.25, -0.2) is 0 Å². The Labute approximate surface area is 116 Å². The summed E-state index contributed by atoms with van der Waals surface area (Å²) in [5.41, 5.74) is 1.50. The predicted molar refractivity (Wildman–Crippen MR) is 72.9 cm³/mol. The fourth-order valence-corrected chi connectivity index (χ4v) is 1.69. The second kappa shape index (κ2) is 7.37. The maximum atomic E-state index is 9.77. The third-order valence-corrected chi connectivity index (χ3v) is 3.05. The van der Waals surface area contributed by atoms with Crippen molar-refractivity contribution in [3.05, 3.63) is 41.2 Å². The summed E-state index contributed by atoms with van der Waals surface area (Å²) >= 11 is 0. The molecule has 1 aromatic rings. The lowest BCUT2D eigenvalue weighted by Gasteiger charge is -2.25. The molecule has 0 radical (unpaired) electrons. The van der Waals surface area contributed by atoms with E-state index in [-0.39, 0.29) is 0 Å². The van der Waals surface area contributed by atoms with Crippen molar-refractivity contribution in [3.8, 4) is 0 Å². The van der Waals surface area contributed by atoms with Crippen molar-refractivity contribution >= 4 is 6.08 Å². The van der Waals surface area contributed by atoms with Gasteiger partial charge in [-0.05, 0) is 24.1 Å². The highest BCUT2D eigenvalue weighted by Gasteiger charge is 2.32. The van der Waals surface area contributed by atoms with Crippen molar-refractivity contribution in [3.63, 3.8) is 0 Å². The van der Waals surface area contributed by atoms with Crippen LogP contribution >= 0.6 is 0 Å². The number of aryl methyl sites for hydroxylation is 1. The smallest absolute Gasteiger partial charge is 0.139 e. The van der Waals surface area contributed by atoms with Gasteiger partial charge in [0.2, 0.25) is 0 Å². The summed E-state index contributed by atoms with van der Waals surface area (Å²) in [6.45, 7) is 1.04. The lowest BCUT2D eigenvalue weighted by Crippen LogP contribution is -2.46. The fraction of sp³-hybridized carbons (Fsp3) is 0.429. The van der Waals surface area contributed by atoms with Crippen LogP contribution in [0.15, 0.2) is 30.0 Å². The summed E-state index contributed by atoms with van der Waals surface area (Å²) < 4.78 is 0. The van der Waals surface area contributed by atoms with Gasteiger partial charge < -0.3 is 30.6 Å². The molecule has 1 rings (SSSR count). The van der Waals surface area contributed by atoms with E-state index in [1.54, 1.807) is 12.1 Å². The average Bonchev–Trinajstić information content (AvgIpc) is 2.46. The molecule has 1 aromatic carbocycles. The van der Waals surface area contributed by atoms with Crippen LogP contribution in [-0.2, 0) is 0 Å². The lowest BCUT2D eigenvalue weighted by molar-refractivity contribution is -0.112. The Morgan fingerprint density at radius 2 is 1.70 bits per heavy atom. The SMILES string of the molecule is Cc1ccccc1C=C(O)[C@H](O)[C@@H](O)[C@H](O)[C@H](O)CO. The van der Waals surface area contributed by atoms with Crippen molar-refractivity contribution in [1.29, 1.82) is 0 Å². The Morgan fingerprint density at radius 1 is 1.10 bits per heavy atom. The number of aliphatic hydroxyl groups excluding tert-OH is 6. The van der Waals surface area contributed by atoms with Crippen LogP contribution < -0.4 is 0 Å². The summed E-state index contributed by atoms with van der Waals surface area (Å²) in [5.74, 6) is -0.545. The average molecular weight is 284 g/mol. The highest BCUT2D eigenvalue weighted by Crippen LogP contribution is 2.16. The highest BCUT2D eigenvalue weighted by atomic mass is 16.4. The molecule has 0 aliphatic rings. The Morgan fingerprint density at radius 3 is 2.25 bits per heavy atom. The van der Waals surface area contributed by atoms with E-state index < -0.39 is 36.8 Å². The van der Waals surface area contributed by atoms with Crippen LogP contribution in [0.1, 0.15) is 11.1 Å². The normalized spacial score (nSPS) is 18.4. The van der Waals surface area contributed by atoms with E-state index in [9.17, 15) is 25.5 Å². The lowest BCUT2D eigenvalue weighted by atomic mass is 10.00. The van der Waals surface area contributed by atoms with E-state index in [0.717, 1.165) is 5.56 Å². The van der Waals surface area contributed by atoms with Crippen LogP contribution in [0.4, 0.5) is 0 Å². The Kier molecular flexibility index (Phi) is 6.12. The van der Waals surface area contributed by atoms with E-state index >= 15 is 0 Å². The van der Waals surface area contributed by atoms with Crippen molar-refractivity contribution in [2.24, 2.45) is 0 Å². The topological polar surface area (TPSA) is 121 Å². The van der Waals surface area contributed by atoms with Crippen LogP contribution in [0, 0.1) is 6.92 Å². The molecule has 0 bridgehead atoms. The highest BCUT2D eigenvalue weighted by molar-refractivity contribution is 5.55. The molecule has 0 saturated heterocycles. The Bertz CT molecular complexity index is 459. The molecule has 4 atom stereocenters. The van der Waals surface area contributed by atoms with Crippen LogP contribution in [0.5, 0.6) is 0 Å². The predicted octanol–water partition coefficient (Wildman–Crippen LogP) is -0.670. The molecule has 0 aromatic heterocycles. The molecule has 0 saturated carbocycles. The van der Waals surface area contributed by atoms with Gasteiger partial charge in [-0.1, -0.05) is 24.3 Å². The monoisotopic (exact) mass is 284 g/mol. The molecule has 6 heteroatoms. The van der Waals surface area contributed by atoms with Gasteiger partial charge in [0.15, 0.2) is 0 Å². The number of hydrogen-bond acceptors (Lipinski definition) is 6. The summed E-state index contributed by atoms with van der Waals surface area (Å²) in [5, 5.41) is 56.5. The molecule has 0 heterocycles. The van der Waals surface area contributed by atoms with Gasteiger partial charge in [-0.2, -0.15) is 0 Å². The van der Waals surface area contributed by atoms with Crippen LogP contribution in [0.2, 0.25) is 0 Å². The van der Waals surface area contributed by atoms with Gasteiger partial charge in [-0.3, -0.25) is 0 Å². The van der Waals surface area contributed by atoms with Crippen molar-refractivity contribution in [2.75, 3.05) is 6.61 Å². The zero-order valence-electron chi connectivity index (χ0n) is 11.1. The maximum Gasteiger partial charge on any atom is 0.139 e. The first kappa shape index (κ1) is 16.6. The van der Waals surface area contributed by atoms with Crippen LogP contribution in [-0.4, -0.2) is 61.7 Å². The minimum Gasteiger partial charge on any atom is -0.509 e. The molecular formula is C14H20O6. The number of aliphatic hydroxyl groups is 6. The zero-order valence-corrected chi connectivity index (χ0v) is 11.1. The van der Waals surface area contributed by atoms with Crippen LogP contribution in [0.3, 0.4) is 0 Å². The van der Waals surface area contributed by atoms with Gasteiger partial charge in [0.05, 0.1) is 6.61 Å².